The third-order valence-electron chi connectivity index (χ3n) is 8.16. The Kier molecular flexibility index (Phi) is 6.96. The van der Waals surface area contributed by atoms with E-state index in [0.717, 1.165) is 66.5 Å². The van der Waals surface area contributed by atoms with E-state index in [2.05, 4.69) is 32.2 Å². The number of nitro benzene ring substituents is 1. The molecular formula is C30H34N6O3. The van der Waals surface area contributed by atoms with E-state index in [4.69, 9.17) is 0 Å². The van der Waals surface area contributed by atoms with Crippen LogP contribution in [0.25, 0.3) is 11.0 Å². The van der Waals surface area contributed by atoms with E-state index in [1.165, 1.54) is 32.1 Å². The maximum atomic E-state index is 13.1. The zero-order valence-electron chi connectivity index (χ0n) is 22.0. The van der Waals surface area contributed by atoms with Gasteiger partial charge in [0.1, 0.15) is 0 Å². The van der Waals surface area contributed by atoms with Crippen LogP contribution in [-0.2, 0) is 6.54 Å². The highest BCUT2D eigenvalue weighted by atomic mass is 16.6. The predicted octanol–water partition coefficient (Wildman–Crippen LogP) is 5.89. The Morgan fingerprint density at radius 3 is 2.28 bits per heavy atom. The second-order valence-corrected chi connectivity index (χ2v) is 10.7. The lowest BCUT2D eigenvalue weighted by Crippen LogP contribution is -2.46. The molecular weight excluding hydrogens is 492 g/mol. The number of nitrogens with one attached hydrogen (secondary N) is 2. The minimum absolute atomic E-state index is 0.0404. The molecule has 0 radical (unpaired) electrons. The number of anilines is 4. The predicted molar refractivity (Wildman–Crippen MR) is 156 cm³/mol. The topological polar surface area (TPSA) is 99.4 Å². The molecule has 2 aliphatic rings. The number of fused-ring (bicyclic) bond motifs is 1. The summed E-state index contributed by atoms with van der Waals surface area (Å²) in [4.78, 5) is 31.5. The summed E-state index contributed by atoms with van der Waals surface area (Å²) < 4.78 is 1.94. The van der Waals surface area contributed by atoms with Crippen LogP contribution < -0.4 is 20.8 Å². The van der Waals surface area contributed by atoms with Gasteiger partial charge in [0, 0.05) is 56.2 Å². The fraction of sp³-hybridized carbons (Fsp3) is 0.367. The number of aromatic nitrogens is 2. The van der Waals surface area contributed by atoms with Crippen LogP contribution >= 0.6 is 0 Å². The van der Waals surface area contributed by atoms with Crippen molar-refractivity contribution in [2.45, 2.75) is 38.6 Å². The molecule has 1 saturated carbocycles. The lowest BCUT2D eigenvalue weighted by molar-refractivity contribution is -0.384. The first-order valence-corrected chi connectivity index (χ1v) is 13.9. The van der Waals surface area contributed by atoms with E-state index < -0.39 is 0 Å². The number of non-ortho nitro benzene ring substituents is 1. The number of rotatable bonds is 7. The molecule has 2 heterocycles. The lowest BCUT2D eigenvalue weighted by Gasteiger charge is -2.38. The normalized spacial score (nSPS) is 16.5. The number of nitro groups is 1. The van der Waals surface area contributed by atoms with E-state index in [9.17, 15) is 14.9 Å². The molecule has 2 N–H and O–H groups in total. The van der Waals surface area contributed by atoms with Crippen LogP contribution in [0.3, 0.4) is 0 Å². The Morgan fingerprint density at radius 1 is 0.897 bits per heavy atom. The van der Waals surface area contributed by atoms with Crippen LogP contribution in [0.15, 0.2) is 71.5 Å². The minimum atomic E-state index is -0.367. The molecule has 0 amide bonds. The van der Waals surface area contributed by atoms with Crippen molar-refractivity contribution >= 4 is 39.5 Å². The van der Waals surface area contributed by atoms with Gasteiger partial charge in [-0.05, 0) is 55.2 Å². The maximum absolute atomic E-state index is 13.1. The number of hydrogen-bond acceptors (Lipinski definition) is 6. The van der Waals surface area contributed by atoms with E-state index in [0.29, 0.717) is 5.92 Å². The van der Waals surface area contributed by atoms with Gasteiger partial charge < -0.3 is 20.1 Å². The first-order chi connectivity index (χ1) is 19.0. The smallest absolute Gasteiger partial charge is 0.326 e. The molecule has 39 heavy (non-hydrogen) atoms. The van der Waals surface area contributed by atoms with E-state index in [1.54, 1.807) is 12.1 Å². The van der Waals surface area contributed by atoms with Crippen LogP contribution in [0.5, 0.6) is 0 Å². The zero-order chi connectivity index (χ0) is 26.8. The first-order valence-electron chi connectivity index (χ1n) is 13.9. The zero-order valence-corrected chi connectivity index (χ0v) is 22.0. The summed E-state index contributed by atoms with van der Waals surface area (Å²) in [6, 6.07) is 21.1. The van der Waals surface area contributed by atoms with Gasteiger partial charge in [0.05, 0.1) is 27.3 Å². The quantitative estimate of drug-likeness (QED) is 0.230. The molecule has 2 fully saturated rings. The van der Waals surface area contributed by atoms with Crippen LogP contribution in [0.2, 0.25) is 0 Å². The maximum Gasteiger partial charge on any atom is 0.326 e. The fourth-order valence-electron chi connectivity index (χ4n) is 6.03. The summed E-state index contributed by atoms with van der Waals surface area (Å²) >= 11 is 0. The van der Waals surface area contributed by atoms with Crippen molar-refractivity contribution < 1.29 is 4.92 Å². The number of benzene rings is 3. The van der Waals surface area contributed by atoms with E-state index in [-0.39, 0.29) is 16.3 Å². The third-order valence-corrected chi connectivity index (χ3v) is 8.16. The SMILES string of the molecule is O=c1[nH]c2cc(Nc3ccccc3)c(N3CCN(c4ccc([N+](=O)[O-])cc4)CC3)cc2n1CC1CCCCC1. The Labute approximate surface area is 227 Å². The molecule has 1 aliphatic carbocycles. The van der Waals surface area contributed by atoms with Gasteiger partial charge in [0.2, 0.25) is 0 Å². The number of piperazine rings is 1. The lowest BCUT2D eigenvalue weighted by atomic mass is 9.89. The molecule has 1 aliphatic heterocycles. The molecule has 0 spiro atoms. The van der Waals surface area contributed by atoms with Gasteiger partial charge in [0.25, 0.3) is 5.69 Å². The minimum Gasteiger partial charge on any atom is -0.368 e. The molecule has 0 unspecified atom stereocenters. The average molecular weight is 527 g/mol. The molecule has 0 bridgehead atoms. The van der Waals surface area contributed by atoms with Crippen molar-refractivity contribution in [3.8, 4) is 0 Å². The second-order valence-electron chi connectivity index (χ2n) is 10.7. The van der Waals surface area contributed by atoms with Crippen molar-refractivity contribution in [3.63, 3.8) is 0 Å². The first kappa shape index (κ1) is 25.0. The highest BCUT2D eigenvalue weighted by Gasteiger charge is 2.23. The van der Waals surface area contributed by atoms with Crippen molar-refractivity contribution in [2.75, 3.05) is 41.3 Å². The van der Waals surface area contributed by atoms with Crippen molar-refractivity contribution in [3.05, 3.63) is 87.3 Å². The summed E-state index contributed by atoms with van der Waals surface area (Å²) in [7, 11) is 0. The summed E-state index contributed by atoms with van der Waals surface area (Å²) in [5, 5.41) is 14.6. The summed E-state index contributed by atoms with van der Waals surface area (Å²) in [6.07, 6.45) is 6.16. The Hall–Kier alpha value is -4.27. The van der Waals surface area contributed by atoms with Gasteiger partial charge in [-0.1, -0.05) is 37.5 Å². The monoisotopic (exact) mass is 526 g/mol. The van der Waals surface area contributed by atoms with E-state index in [1.807, 2.05) is 47.0 Å². The van der Waals surface area contributed by atoms with Gasteiger partial charge in [0.15, 0.2) is 0 Å². The number of hydrogen-bond donors (Lipinski definition) is 2. The van der Waals surface area contributed by atoms with Gasteiger partial charge in [-0.2, -0.15) is 0 Å². The highest BCUT2D eigenvalue weighted by Crippen LogP contribution is 2.35. The third kappa shape index (κ3) is 5.34. The molecule has 1 saturated heterocycles. The molecule has 0 atom stereocenters. The summed E-state index contributed by atoms with van der Waals surface area (Å²) in [5.41, 5.74) is 5.89. The summed E-state index contributed by atoms with van der Waals surface area (Å²) in [6.45, 7) is 3.94. The molecule has 9 nitrogen and oxygen atoms in total. The second kappa shape index (κ2) is 10.8. The number of para-hydroxylation sites is 1. The van der Waals surface area contributed by atoms with Gasteiger partial charge >= 0.3 is 5.69 Å². The largest absolute Gasteiger partial charge is 0.368 e. The Balaban J connectivity index is 1.30. The Morgan fingerprint density at radius 2 is 1.59 bits per heavy atom. The average Bonchev–Trinajstić information content (AvgIpc) is 3.27. The van der Waals surface area contributed by atoms with Gasteiger partial charge in [-0.25, -0.2) is 4.79 Å². The van der Waals surface area contributed by atoms with Gasteiger partial charge in [-0.3, -0.25) is 14.7 Å². The number of nitrogens with zero attached hydrogens (tertiary/aromatic N) is 4. The molecule has 6 rings (SSSR count). The fourth-order valence-corrected chi connectivity index (χ4v) is 6.03. The van der Waals surface area contributed by atoms with Crippen LogP contribution in [0, 0.1) is 16.0 Å². The molecule has 3 aromatic carbocycles. The molecule has 1 aromatic heterocycles. The van der Waals surface area contributed by atoms with Gasteiger partial charge in [-0.15, -0.1) is 0 Å². The number of aromatic amines is 1. The number of H-pyrrole nitrogens is 1. The van der Waals surface area contributed by atoms with Crippen LogP contribution in [0.4, 0.5) is 28.4 Å². The Bertz CT molecular complexity index is 1500. The molecule has 9 heteroatoms. The highest BCUT2D eigenvalue weighted by molar-refractivity contribution is 5.90. The van der Waals surface area contributed by atoms with Crippen molar-refractivity contribution in [1.29, 1.82) is 0 Å². The standard InChI is InChI=1S/C30H34N6O3/c37-30-32-27-19-26(31-23-9-5-2-6-10-23)28(20-29(27)35(30)21-22-7-3-1-4-8-22)34-17-15-33(16-18-34)24-11-13-25(14-12-24)36(38)39/h2,5-6,9-14,19-20,22,31H,1,3-4,7-8,15-18,21H2,(H,32,37). The van der Waals surface area contributed by atoms with Crippen LogP contribution in [-0.4, -0.2) is 40.7 Å². The molecule has 202 valence electrons. The van der Waals surface area contributed by atoms with Crippen LogP contribution in [0.1, 0.15) is 32.1 Å². The molecule has 4 aromatic rings. The van der Waals surface area contributed by atoms with Crippen molar-refractivity contribution in [1.82, 2.24) is 9.55 Å². The van der Waals surface area contributed by atoms with Crippen molar-refractivity contribution in [2.24, 2.45) is 5.92 Å². The van der Waals surface area contributed by atoms with E-state index >= 15 is 0 Å². The summed E-state index contributed by atoms with van der Waals surface area (Å²) in [5.74, 6) is 0.547. The number of imidazole rings is 1.